The maximum Gasteiger partial charge on any atom is 0.234 e. The number of halogens is 1. The standard InChI is InChI=1S/C24H30ClN3O2S/c1-15(2)18-7-6-8-19(16(3)4)23(18)27-22(29)14-31-24-26-20-13-17(25)9-10-21(20)28(24)11-12-30-5/h6-10,13,15-16H,11-12,14H2,1-5H3,(H,27,29). The van der Waals surface area contributed by atoms with E-state index in [0.717, 1.165) is 33.0 Å². The summed E-state index contributed by atoms with van der Waals surface area (Å²) in [6.45, 7) is 9.81. The molecule has 166 valence electrons. The molecule has 0 atom stereocenters. The Kier molecular flexibility index (Phi) is 8.03. The molecule has 1 amide bonds. The number of ether oxygens (including phenoxy) is 1. The minimum atomic E-state index is -0.0385. The van der Waals surface area contributed by atoms with Gasteiger partial charge in [-0.25, -0.2) is 4.98 Å². The minimum Gasteiger partial charge on any atom is -0.383 e. The maximum atomic E-state index is 12.9. The number of para-hydroxylation sites is 1. The number of aromatic nitrogens is 2. The van der Waals surface area contributed by atoms with Crippen LogP contribution in [0, 0.1) is 0 Å². The molecule has 0 unspecified atom stereocenters. The van der Waals surface area contributed by atoms with Crippen LogP contribution in [0.25, 0.3) is 11.0 Å². The van der Waals surface area contributed by atoms with Gasteiger partial charge in [-0.1, -0.05) is 69.3 Å². The van der Waals surface area contributed by atoms with Crippen LogP contribution in [0.5, 0.6) is 0 Å². The molecule has 1 N–H and O–H groups in total. The SMILES string of the molecule is COCCn1c(SCC(=O)Nc2c(C(C)C)cccc2C(C)C)nc2cc(Cl)ccc21. The second kappa shape index (κ2) is 10.5. The van der Waals surface area contributed by atoms with Gasteiger partial charge in [0.05, 0.1) is 23.4 Å². The summed E-state index contributed by atoms with van der Waals surface area (Å²) in [5.74, 6) is 0.881. The number of benzene rings is 2. The van der Waals surface area contributed by atoms with Crippen LogP contribution in [0.15, 0.2) is 41.6 Å². The van der Waals surface area contributed by atoms with Crippen molar-refractivity contribution in [3.8, 4) is 0 Å². The number of amides is 1. The van der Waals surface area contributed by atoms with Crippen molar-refractivity contribution in [3.05, 3.63) is 52.5 Å². The number of hydrogen-bond acceptors (Lipinski definition) is 4. The van der Waals surface area contributed by atoms with Crippen molar-refractivity contribution in [3.63, 3.8) is 0 Å². The summed E-state index contributed by atoms with van der Waals surface area (Å²) in [7, 11) is 1.68. The Morgan fingerprint density at radius 2 is 1.84 bits per heavy atom. The first-order valence-electron chi connectivity index (χ1n) is 10.5. The van der Waals surface area contributed by atoms with Crippen LogP contribution >= 0.6 is 23.4 Å². The summed E-state index contributed by atoms with van der Waals surface area (Å²) in [6, 6.07) is 11.9. The molecule has 0 saturated heterocycles. The van der Waals surface area contributed by atoms with E-state index in [-0.39, 0.29) is 11.7 Å². The van der Waals surface area contributed by atoms with Crippen LogP contribution < -0.4 is 5.32 Å². The van der Waals surface area contributed by atoms with Gasteiger partial charge in [0.2, 0.25) is 5.91 Å². The first-order valence-corrected chi connectivity index (χ1v) is 11.9. The number of imidazole rings is 1. The van der Waals surface area contributed by atoms with Gasteiger partial charge in [-0.15, -0.1) is 0 Å². The van der Waals surface area contributed by atoms with E-state index < -0.39 is 0 Å². The highest BCUT2D eigenvalue weighted by Crippen LogP contribution is 2.33. The second-order valence-corrected chi connectivity index (χ2v) is 9.51. The predicted octanol–water partition coefficient (Wildman–Crippen LogP) is 6.31. The Hall–Kier alpha value is -2.02. The zero-order valence-electron chi connectivity index (χ0n) is 18.7. The highest BCUT2D eigenvalue weighted by atomic mass is 35.5. The van der Waals surface area contributed by atoms with Crippen LogP contribution in [-0.2, 0) is 16.1 Å². The van der Waals surface area contributed by atoms with E-state index in [1.54, 1.807) is 7.11 Å². The molecule has 0 fully saturated rings. The van der Waals surface area contributed by atoms with Gasteiger partial charge < -0.3 is 14.6 Å². The number of methoxy groups -OCH3 is 1. The van der Waals surface area contributed by atoms with E-state index >= 15 is 0 Å². The predicted molar refractivity (Wildman–Crippen MR) is 131 cm³/mol. The van der Waals surface area contributed by atoms with Gasteiger partial charge in [-0.3, -0.25) is 4.79 Å². The number of rotatable bonds is 9. The number of nitrogens with zero attached hydrogens (tertiary/aromatic N) is 2. The molecule has 0 aliphatic carbocycles. The molecule has 7 heteroatoms. The van der Waals surface area contributed by atoms with Crippen molar-refractivity contribution in [2.24, 2.45) is 0 Å². The monoisotopic (exact) mass is 459 g/mol. The van der Waals surface area contributed by atoms with E-state index in [4.69, 9.17) is 21.3 Å². The zero-order valence-corrected chi connectivity index (χ0v) is 20.3. The average molecular weight is 460 g/mol. The normalized spacial score (nSPS) is 11.6. The van der Waals surface area contributed by atoms with Crippen LogP contribution in [0.3, 0.4) is 0 Å². The van der Waals surface area contributed by atoms with Crippen molar-refractivity contribution in [2.75, 3.05) is 24.8 Å². The molecular formula is C24H30ClN3O2S. The molecule has 0 aliphatic heterocycles. The van der Waals surface area contributed by atoms with Crippen molar-refractivity contribution < 1.29 is 9.53 Å². The molecule has 0 bridgehead atoms. The van der Waals surface area contributed by atoms with Crippen LogP contribution in [0.2, 0.25) is 5.02 Å². The number of carbonyl (C=O) groups is 1. The van der Waals surface area contributed by atoms with Crippen LogP contribution in [0.1, 0.15) is 50.7 Å². The third-order valence-electron chi connectivity index (χ3n) is 5.16. The second-order valence-electron chi connectivity index (χ2n) is 8.13. The summed E-state index contributed by atoms with van der Waals surface area (Å²) >= 11 is 7.56. The molecular weight excluding hydrogens is 430 g/mol. The Bertz CT molecular complexity index is 1040. The fourth-order valence-corrected chi connectivity index (χ4v) is 4.60. The van der Waals surface area contributed by atoms with Gasteiger partial charge in [0.1, 0.15) is 0 Å². The highest BCUT2D eigenvalue weighted by molar-refractivity contribution is 7.99. The lowest BCUT2D eigenvalue weighted by molar-refractivity contribution is -0.113. The van der Waals surface area contributed by atoms with Gasteiger partial charge in [-0.05, 0) is 41.2 Å². The quantitative estimate of drug-likeness (QED) is 0.381. The largest absolute Gasteiger partial charge is 0.383 e. The first kappa shape index (κ1) is 23.6. The van der Waals surface area contributed by atoms with Crippen LogP contribution in [0.4, 0.5) is 5.69 Å². The molecule has 1 aromatic heterocycles. The summed E-state index contributed by atoms with van der Waals surface area (Å²) in [4.78, 5) is 17.6. The number of anilines is 1. The van der Waals surface area contributed by atoms with Crippen molar-refractivity contribution in [2.45, 2.75) is 51.2 Å². The van der Waals surface area contributed by atoms with E-state index in [1.807, 2.05) is 18.2 Å². The number of fused-ring (bicyclic) bond motifs is 1. The third kappa shape index (κ3) is 5.62. The van der Waals surface area contributed by atoms with Gasteiger partial charge in [0.25, 0.3) is 0 Å². The molecule has 3 rings (SSSR count). The average Bonchev–Trinajstić information content (AvgIpc) is 3.06. The third-order valence-corrected chi connectivity index (χ3v) is 6.38. The summed E-state index contributed by atoms with van der Waals surface area (Å²) < 4.78 is 7.33. The summed E-state index contributed by atoms with van der Waals surface area (Å²) in [5.41, 5.74) is 5.06. The Balaban J connectivity index is 1.81. The number of thioether (sulfide) groups is 1. The van der Waals surface area contributed by atoms with Crippen molar-refractivity contribution in [1.82, 2.24) is 9.55 Å². The lowest BCUT2D eigenvalue weighted by Crippen LogP contribution is -2.18. The molecule has 1 heterocycles. The highest BCUT2D eigenvalue weighted by Gasteiger charge is 2.18. The molecule has 0 aliphatic rings. The summed E-state index contributed by atoms with van der Waals surface area (Å²) in [6.07, 6.45) is 0. The zero-order chi connectivity index (χ0) is 22.5. The van der Waals surface area contributed by atoms with Gasteiger partial charge in [0, 0.05) is 24.4 Å². The fourth-order valence-electron chi connectivity index (χ4n) is 3.59. The van der Waals surface area contributed by atoms with E-state index in [9.17, 15) is 4.79 Å². The van der Waals surface area contributed by atoms with E-state index in [0.29, 0.717) is 30.0 Å². The van der Waals surface area contributed by atoms with Crippen molar-refractivity contribution in [1.29, 1.82) is 0 Å². The minimum absolute atomic E-state index is 0.0385. The Morgan fingerprint density at radius 1 is 1.16 bits per heavy atom. The lowest BCUT2D eigenvalue weighted by atomic mass is 9.92. The number of hydrogen-bond donors (Lipinski definition) is 1. The topological polar surface area (TPSA) is 56.1 Å². The molecule has 31 heavy (non-hydrogen) atoms. The smallest absolute Gasteiger partial charge is 0.234 e. The Labute approximate surface area is 193 Å². The summed E-state index contributed by atoms with van der Waals surface area (Å²) in [5, 5.41) is 4.60. The molecule has 0 spiro atoms. The van der Waals surface area contributed by atoms with Crippen LogP contribution in [-0.4, -0.2) is 34.9 Å². The number of nitrogens with one attached hydrogen (secondary N) is 1. The first-order chi connectivity index (χ1) is 14.8. The molecule has 0 radical (unpaired) electrons. The van der Waals surface area contributed by atoms with Gasteiger partial charge in [-0.2, -0.15) is 0 Å². The maximum absolute atomic E-state index is 12.9. The molecule has 0 saturated carbocycles. The number of carbonyl (C=O) groups excluding carboxylic acids is 1. The van der Waals surface area contributed by atoms with Gasteiger partial charge in [0.15, 0.2) is 5.16 Å². The van der Waals surface area contributed by atoms with E-state index in [2.05, 4.69) is 55.8 Å². The molecule has 5 nitrogen and oxygen atoms in total. The lowest BCUT2D eigenvalue weighted by Gasteiger charge is -2.20. The van der Waals surface area contributed by atoms with Crippen molar-refractivity contribution >= 4 is 46.0 Å². The van der Waals surface area contributed by atoms with Gasteiger partial charge >= 0.3 is 0 Å². The Morgan fingerprint density at radius 3 is 2.45 bits per heavy atom. The molecule has 2 aromatic carbocycles. The molecule has 3 aromatic rings. The van der Waals surface area contributed by atoms with E-state index in [1.165, 1.54) is 11.8 Å². The fraction of sp³-hybridized carbons (Fsp3) is 0.417.